The minimum atomic E-state index is -0.990. The minimum absolute atomic E-state index is 0.0648. The van der Waals surface area contributed by atoms with Crippen LogP contribution in [-0.4, -0.2) is 34.4 Å². The molecule has 1 heterocycles. The zero-order valence-corrected chi connectivity index (χ0v) is 11.5. The van der Waals surface area contributed by atoms with Crippen molar-refractivity contribution in [2.24, 2.45) is 5.92 Å². The fourth-order valence-electron chi connectivity index (χ4n) is 2.09. The van der Waals surface area contributed by atoms with Gasteiger partial charge in [0.25, 0.3) is 0 Å². The lowest BCUT2D eigenvalue weighted by Crippen LogP contribution is -2.31. The van der Waals surface area contributed by atoms with Crippen LogP contribution in [0.4, 0.5) is 0 Å². The third kappa shape index (κ3) is 3.64. The molecule has 1 saturated heterocycles. The van der Waals surface area contributed by atoms with E-state index in [2.05, 4.69) is 0 Å². The molecule has 100 valence electrons. The summed E-state index contributed by atoms with van der Waals surface area (Å²) in [6.07, 6.45) is 1.92. The monoisotopic (exact) mass is 268 g/mol. The van der Waals surface area contributed by atoms with Gasteiger partial charge in [0.1, 0.15) is 0 Å². The largest absolute Gasteiger partial charge is 0.396 e. The highest BCUT2D eigenvalue weighted by molar-refractivity contribution is 7.85. The molecule has 0 aromatic heterocycles. The summed E-state index contributed by atoms with van der Waals surface area (Å²) in [6.45, 7) is 2.80. The number of aryl methyl sites for hydroxylation is 1. The highest BCUT2D eigenvalue weighted by Crippen LogP contribution is 2.20. The Morgan fingerprint density at radius 2 is 2.06 bits per heavy atom. The first-order valence-electron chi connectivity index (χ1n) is 6.36. The van der Waals surface area contributed by atoms with Gasteiger partial charge in [0, 0.05) is 17.4 Å². The Balaban J connectivity index is 1.86. The van der Waals surface area contributed by atoms with E-state index in [1.807, 2.05) is 31.2 Å². The molecule has 0 amide bonds. The zero-order chi connectivity index (χ0) is 13.0. The SMILES string of the molecule is Cc1ccc(S(=O)C[C@@H]2CC[C@H](CO)CO2)cc1. The van der Waals surface area contributed by atoms with E-state index in [0.29, 0.717) is 12.4 Å². The smallest absolute Gasteiger partial charge is 0.0694 e. The standard InChI is InChI=1S/C14H20O3S/c1-11-2-6-14(7-3-11)18(16)10-13-5-4-12(8-15)9-17-13/h2-3,6-7,12-13,15H,4-5,8-10H2,1H3/t12-,13+,18?/m1/s1. The number of benzene rings is 1. The molecule has 18 heavy (non-hydrogen) atoms. The molecular weight excluding hydrogens is 248 g/mol. The Labute approximate surface area is 111 Å². The van der Waals surface area contributed by atoms with Gasteiger partial charge in [0.2, 0.25) is 0 Å². The van der Waals surface area contributed by atoms with Crippen molar-refractivity contribution in [1.82, 2.24) is 0 Å². The van der Waals surface area contributed by atoms with E-state index in [9.17, 15) is 4.21 Å². The first-order valence-corrected chi connectivity index (χ1v) is 7.68. The summed E-state index contributed by atoms with van der Waals surface area (Å²) in [5.74, 6) is 0.815. The van der Waals surface area contributed by atoms with Crippen molar-refractivity contribution in [1.29, 1.82) is 0 Å². The van der Waals surface area contributed by atoms with E-state index in [0.717, 1.165) is 17.7 Å². The van der Waals surface area contributed by atoms with Crippen LogP contribution in [0.1, 0.15) is 18.4 Å². The van der Waals surface area contributed by atoms with Crippen molar-refractivity contribution in [2.45, 2.75) is 30.8 Å². The van der Waals surface area contributed by atoms with Crippen LogP contribution >= 0.6 is 0 Å². The summed E-state index contributed by atoms with van der Waals surface area (Å²) in [5, 5.41) is 9.02. The van der Waals surface area contributed by atoms with Gasteiger partial charge in [-0.25, -0.2) is 0 Å². The van der Waals surface area contributed by atoms with Crippen LogP contribution < -0.4 is 0 Å². The van der Waals surface area contributed by atoms with Crippen molar-refractivity contribution in [3.8, 4) is 0 Å². The molecule has 0 bridgehead atoms. The second-order valence-electron chi connectivity index (χ2n) is 4.91. The molecule has 1 fully saturated rings. The predicted molar refractivity (Wildman–Crippen MR) is 72.0 cm³/mol. The number of aliphatic hydroxyl groups excluding tert-OH is 1. The fraction of sp³-hybridized carbons (Fsp3) is 0.571. The molecule has 1 aromatic carbocycles. The average Bonchev–Trinajstić information content (AvgIpc) is 2.40. The molecule has 1 N–H and O–H groups in total. The first-order chi connectivity index (χ1) is 8.69. The maximum Gasteiger partial charge on any atom is 0.0694 e. The highest BCUT2D eigenvalue weighted by atomic mass is 32.2. The van der Waals surface area contributed by atoms with Gasteiger partial charge < -0.3 is 9.84 Å². The topological polar surface area (TPSA) is 46.5 Å². The zero-order valence-electron chi connectivity index (χ0n) is 10.7. The van der Waals surface area contributed by atoms with Gasteiger partial charge >= 0.3 is 0 Å². The van der Waals surface area contributed by atoms with E-state index in [1.54, 1.807) is 0 Å². The second kappa shape index (κ2) is 6.45. The lowest BCUT2D eigenvalue weighted by Gasteiger charge is -2.27. The lowest BCUT2D eigenvalue weighted by atomic mass is 10.0. The van der Waals surface area contributed by atoms with E-state index in [4.69, 9.17) is 9.84 Å². The van der Waals surface area contributed by atoms with Crippen LogP contribution in [0, 0.1) is 12.8 Å². The summed E-state index contributed by atoms with van der Waals surface area (Å²) >= 11 is 0. The van der Waals surface area contributed by atoms with Crippen molar-refractivity contribution in [2.75, 3.05) is 19.0 Å². The summed E-state index contributed by atoms with van der Waals surface area (Å²) in [7, 11) is -0.990. The molecule has 4 heteroatoms. The normalized spacial score (nSPS) is 25.9. The van der Waals surface area contributed by atoms with E-state index < -0.39 is 10.8 Å². The summed E-state index contributed by atoms with van der Waals surface area (Å²) in [6, 6.07) is 7.81. The number of aliphatic hydroxyl groups is 1. The summed E-state index contributed by atoms with van der Waals surface area (Å²) in [5.41, 5.74) is 1.18. The molecule has 0 aliphatic carbocycles. The third-order valence-electron chi connectivity index (χ3n) is 3.34. The number of rotatable bonds is 4. The van der Waals surface area contributed by atoms with Gasteiger partial charge in [0.15, 0.2) is 0 Å². The summed E-state index contributed by atoms with van der Waals surface area (Å²) in [4.78, 5) is 0.869. The second-order valence-corrected chi connectivity index (χ2v) is 6.40. The third-order valence-corrected chi connectivity index (χ3v) is 4.82. The van der Waals surface area contributed by atoms with Crippen LogP contribution in [0.15, 0.2) is 29.2 Å². The minimum Gasteiger partial charge on any atom is -0.396 e. The quantitative estimate of drug-likeness (QED) is 0.907. The molecule has 3 nitrogen and oxygen atoms in total. The lowest BCUT2D eigenvalue weighted by molar-refractivity contribution is -0.0183. The molecule has 1 aliphatic heterocycles. The Kier molecular flexibility index (Phi) is 4.92. The van der Waals surface area contributed by atoms with Crippen LogP contribution in [0.5, 0.6) is 0 Å². The molecule has 1 unspecified atom stereocenters. The van der Waals surface area contributed by atoms with E-state index in [1.165, 1.54) is 5.56 Å². The van der Waals surface area contributed by atoms with Crippen molar-refractivity contribution in [3.05, 3.63) is 29.8 Å². The van der Waals surface area contributed by atoms with Crippen molar-refractivity contribution >= 4 is 10.8 Å². The van der Waals surface area contributed by atoms with E-state index in [-0.39, 0.29) is 18.6 Å². The van der Waals surface area contributed by atoms with Crippen LogP contribution in [0.25, 0.3) is 0 Å². The van der Waals surface area contributed by atoms with Gasteiger partial charge in [-0.2, -0.15) is 0 Å². The van der Waals surface area contributed by atoms with Crippen LogP contribution in [0.3, 0.4) is 0 Å². The number of ether oxygens (including phenoxy) is 1. The molecule has 0 saturated carbocycles. The fourth-order valence-corrected chi connectivity index (χ4v) is 3.32. The molecule has 0 radical (unpaired) electrons. The van der Waals surface area contributed by atoms with E-state index >= 15 is 0 Å². The van der Waals surface area contributed by atoms with Crippen LogP contribution in [-0.2, 0) is 15.5 Å². The van der Waals surface area contributed by atoms with Gasteiger partial charge in [-0.05, 0) is 31.9 Å². The molecule has 0 spiro atoms. The van der Waals surface area contributed by atoms with Gasteiger partial charge in [-0.3, -0.25) is 4.21 Å². The Morgan fingerprint density at radius 1 is 1.33 bits per heavy atom. The maximum absolute atomic E-state index is 12.2. The van der Waals surface area contributed by atoms with Crippen molar-refractivity contribution in [3.63, 3.8) is 0 Å². The average molecular weight is 268 g/mol. The Bertz CT molecular complexity index is 394. The number of hydrogen-bond acceptors (Lipinski definition) is 3. The molecule has 1 aromatic rings. The van der Waals surface area contributed by atoms with Gasteiger partial charge in [0.05, 0.1) is 29.3 Å². The maximum atomic E-state index is 12.2. The highest BCUT2D eigenvalue weighted by Gasteiger charge is 2.23. The van der Waals surface area contributed by atoms with Crippen molar-refractivity contribution < 1.29 is 14.1 Å². The molecule has 3 atom stereocenters. The Hall–Kier alpha value is -0.710. The predicted octanol–water partition coefficient (Wildman–Crippen LogP) is 1.89. The number of hydrogen-bond donors (Lipinski definition) is 1. The van der Waals surface area contributed by atoms with Crippen LogP contribution in [0.2, 0.25) is 0 Å². The van der Waals surface area contributed by atoms with Gasteiger partial charge in [-0.15, -0.1) is 0 Å². The first kappa shape index (κ1) is 13.7. The molecule has 1 aliphatic rings. The molecule has 2 rings (SSSR count). The summed E-state index contributed by atoms with van der Waals surface area (Å²) < 4.78 is 17.8. The Morgan fingerprint density at radius 3 is 2.61 bits per heavy atom. The molecular formula is C14H20O3S. The van der Waals surface area contributed by atoms with Gasteiger partial charge in [-0.1, -0.05) is 17.7 Å².